The molecule has 112 valence electrons. The molecule has 0 fully saturated rings. The molecule has 0 aliphatic rings. The Bertz CT molecular complexity index is 667. The van der Waals surface area contributed by atoms with Crippen molar-refractivity contribution in [2.24, 2.45) is 0 Å². The van der Waals surface area contributed by atoms with Crippen LogP contribution in [0, 0.1) is 0 Å². The number of carbonyl (C=O) groups is 2. The van der Waals surface area contributed by atoms with Crippen molar-refractivity contribution in [2.45, 2.75) is 0 Å². The first-order chi connectivity index (χ1) is 10.6. The number of rotatable bonds is 5. The maximum Gasteiger partial charge on any atom is 0.244 e. The first-order valence-corrected chi connectivity index (χ1v) is 7.08. The molecule has 0 saturated heterocycles. The first kappa shape index (κ1) is 15.8. The molecule has 2 aromatic rings. The fourth-order valence-electron chi connectivity index (χ4n) is 1.70. The number of nitrogens with one attached hydrogen (secondary N) is 2. The van der Waals surface area contributed by atoms with E-state index in [9.17, 15) is 9.59 Å². The minimum atomic E-state index is -0.324. The van der Waals surface area contributed by atoms with Gasteiger partial charge in [0.1, 0.15) is 0 Å². The lowest BCUT2D eigenvalue weighted by molar-refractivity contribution is -0.121. The average Bonchev–Trinajstić information content (AvgIpc) is 2.54. The van der Waals surface area contributed by atoms with Crippen molar-refractivity contribution in [3.63, 3.8) is 0 Å². The molecule has 4 nitrogen and oxygen atoms in total. The van der Waals surface area contributed by atoms with Gasteiger partial charge in [0.25, 0.3) is 0 Å². The number of hydrogen-bond donors (Lipinski definition) is 2. The molecule has 2 amide bonds. The lowest BCUT2D eigenvalue weighted by Gasteiger charge is -2.05. The zero-order valence-corrected chi connectivity index (χ0v) is 12.5. The summed E-state index contributed by atoms with van der Waals surface area (Å²) in [7, 11) is 0. The van der Waals surface area contributed by atoms with Crippen LogP contribution in [-0.2, 0) is 9.59 Å². The molecule has 0 radical (unpaired) electrons. The van der Waals surface area contributed by atoms with Gasteiger partial charge in [-0.2, -0.15) is 0 Å². The van der Waals surface area contributed by atoms with Crippen LogP contribution in [0.2, 0.25) is 5.02 Å². The molecule has 0 aliphatic carbocycles. The van der Waals surface area contributed by atoms with Crippen molar-refractivity contribution in [1.82, 2.24) is 5.32 Å². The van der Waals surface area contributed by atoms with Crippen molar-refractivity contribution in [3.8, 4) is 0 Å². The van der Waals surface area contributed by atoms with E-state index in [0.29, 0.717) is 10.7 Å². The maximum absolute atomic E-state index is 11.7. The van der Waals surface area contributed by atoms with Gasteiger partial charge < -0.3 is 10.6 Å². The number of hydrogen-bond acceptors (Lipinski definition) is 2. The Balaban J connectivity index is 1.77. The minimum Gasteiger partial charge on any atom is -0.343 e. The molecular weight excluding hydrogens is 300 g/mol. The van der Waals surface area contributed by atoms with Crippen LogP contribution in [0.1, 0.15) is 5.56 Å². The van der Waals surface area contributed by atoms with Gasteiger partial charge in [0, 0.05) is 16.8 Å². The molecule has 0 atom stereocenters. The van der Waals surface area contributed by atoms with Crippen LogP contribution in [0.4, 0.5) is 5.69 Å². The van der Waals surface area contributed by atoms with Gasteiger partial charge >= 0.3 is 0 Å². The van der Waals surface area contributed by atoms with Crippen LogP contribution < -0.4 is 10.6 Å². The zero-order chi connectivity index (χ0) is 15.8. The van der Waals surface area contributed by atoms with Gasteiger partial charge in [-0.1, -0.05) is 41.9 Å². The Morgan fingerprint density at radius 3 is 2.36 bits per heavy atom. The number of amides is 2. The van der Waals surface area contributed by atoms with Crippen LogP contribution in [0.25, 0.3) is 6.08 Å². The van der Waals surface area contributed by atoms with Crippen molar-refractivity contribution >= 4 is 35.2 Å². The first-order valence-electron chi connectivity index (χ1n) is 6.70. The highest BCUT2D eigenvalue weighted by Gasteiger charge is 2.03. The van der Waals surface area contributed by atoms with Crippen LogP contribution in [0.5, 0.6) is 0 Å². The number of halogens is 1. The standard InChI is InChI=1S/C17H15ClN2O2/c18-14-7-9-15(10-8-14)20-17(22)12-19-16(21)11-6-13-4-2-1-3-5-13/h1-11H,12H2,(H,19,21)(H,20,22)/b11-6+. The predicted molar refractivity (Wildman–Crippen MR) is 88.6 cm³/mol. The van der Waals surface area contributed by atoms with E-state index in [4.69, 9.17) is 11.6 Å². The Morgan fingerprint density at radius 2 is 1.68 bits per heavy atom. The van der Waals surface area contributed by atoms with E-state index < -0.39 is 0 Å². The second kappa shape index (κ2) is 8.00. The average molecular weight is 315 g/mol. The van der Waals surface area contributed by atoms with Gasteiger partial charge in [-0.25, -0.2) is 0 Å². The zero-order valence-electron chi connectivity index (χ0n) is 11.8. The minimum absolute atomic E-state index is 0.0966. The summed E-state index contributed by atoms with van der Waals surface area (Å²) < 4.78 is 0. The smallest absolute Gasteiger partial charge is 0.244 e. The Hall–Kier alpha value is -2.59. The molecule has 0 bridgehead atoms. The molecule has 2 aromatic carbocycles. The summed E-state index contributed by atoms with van der Waals surface area (Å²) in [4.78, 5) is 23.3. The highest BCUT2D eigenvalue weighted by Crippen LogP contribution is 2.12. The fourth-order valence-corrected chi connectivity index (χ4v) is 1.83. The summed E-state index contributed by atoms with van der Waals surface area (Å²) >= 11 is 5.76. The largest absolute Gasteiger partial charge is 0.343 e. The Kier molecular flexibility index (Phi) is 5.74. The summed E-state index contributed by atoms with van der Waals surface area (Å²) in [6.07, 6.45) is 3.08. The van der Waals surface area contributed by atoms with Crippen LogP contribution in [0.15, 0.2) is 60.7 Å². The van der Waals surface area contributed by atoms with E-state index in [1.165, 1.54) is 6.08 Å². The third kappa shape index (κ3) is 5.42. The third-order valence-electron chi connectivity index (χ3n) is 2.78. The van der Waals surface area contributed by atoms with E-state index in [1.54, 1.807) is 30.3 Å². The lowest BCUT2D eigenvalue weighted by Crippen LogP contribution is -2.31. The van der Waals surface area contributed by atoms with Crippen LogP contribution in [-0.4, -0.2) is 18.4 Å². The quantitative estimate of drug-likeness (QED) is 0.833. The van der Waals surface area contributed by atoms with Crippen molar-refractivity contribution in [3.05, 3.63) is 71.3 Å². The maximum atomic E-state index is 11.7. The normalized spacial score (nSPS) is 10.4. The van der Waals surface area contributed by atoms with E-state index in [2.05, 4.69) is 10.6 Å². The molecule has 0 heterocycles. The predicted octanol–water partition coefficient (Wildman–Crippen LogP) is 3.11. The fraction of sp³-hybridized carbons (Fsp3) is 0.0588. The van der Waals surface area contributed by atoms with E-state index in [0.717, 1.165) is 5.56 Å². The molecule has 0 aliphatic heterocycles. The summed E-state index contributed by atoms with van der Waals surface area (Å²) in [5.41, 5.74) is 1.55. The SMILES string of the molecule is O=C(/C=C/c1ccccc1)NCC(=O)Nc1ccc(Cl)cc1. The third-order valence-corrected chi connectivity index (χ3v) is 3.03. The van der Waals surface area contributed by atoms with Gasteiger partial charge in [-0.3, -0.25) is 9.59 Å². The number of carbonyl (C=O) groups excluding carboxylic acids is 2. The molecule has 0 spiro atoms. The topological polar surface area (TPSA) is 58.2 Å². The monoisotopic (exact) mass is 314 g/mol. The molecule has 2 N–H and O–H groups in total. The van der Waals surface area contributed by atoms with Gasteiger partial charge in [0.15, 0.2) is 0 Å². The van der Waals surface area contributed by atoms with Crippen LogP contribution in [0.3, 0.4) is 0 Å². The van der Waals surface area contributed by atoms with Gasteiger partial charge in [0.05, 0.1) is 6.54 Å². The van der Waals surface area contributed by atoms with Crippen molar-refractivity contribution < 1.29 is 9.59 Å². The molecule has 5 heteroatoms. The van der Waals surface area contributed by atoms with E-state index >= 15 is 0 Å². The summed E-state index contributed by atoms with van der Waals surface area (Å²) in [6.45, 7) is -0.0966. The second-order valence-electron chi connectivity index (χ2n) is 4.52. The Morgan fingerprint density at radius 1 is 1.00 bits per heavy atom. The lowest BCUT2D eigenvalue weighted by atomic mass is 10.2. The molecule has 22 heavy (non-hydrogen) atoms. The van der Waals surface area contributed by atoms with Crippen molar-refractivity contribution in [1.29, 1.82) is 0 Å². The summed E-state index contributed by atoms with van der Waals surface area (Å²) in [5.74, 6) is -0.626. The number of benzene rings is 2. The van der Waals surface area contributed by atoms with E-state index in [-0.39, 0.29) is 18.4 Å². The van der Waals surface area contributed by atoms with Gasteiger partial charge in [-0.15, -0.1) is 0 Å². The van der Waals surface area contributed by atoms with E-state index in [1.807, 2.05) is 30.3 Å². The molecule has 0 saturated carbocycles. The Labute approximate surface area is 133 Å². The van der Waals surface area contributed by atoms with Crippen LogP contribution >= 0.6 is 11.6 Å². The van der Waals surface area contributed by atoms with Gasteiger partial charge in [0.2, 0.25) is 11.8 Å². The van der Waals surface area contributed by atoms with Crippen molar-refractivity contribution in [2.75, 3.05) is 11.9 Å². The summed E-state index contributed by atoms with van der Waals surface area (Å²) in [5, 5.41) is 5.78. The highest BCUT2D eigenvalue weighted by atomic mass is 35.5. The molecular formula is C17H15ClN2O2. The summed E-state index contributed by atoms with van der Waals surface area (Å²) in [6, 6.07) is 16.2. The second-order valence-corrected chi connectivity index (χ2v) is 4.95. The highest BCUT2D eigenvalue weighted by molar-refractivity contribution is 6.30. The molecule has 0 unspecified atom stereocenters. The number of anilines is 1. The van der Waals surface area contributed by atoms with Gasteiger partial charge in [-0.05, 0) is 35.9 Å². The molecule has 0 aromatic heterocycles. The molecule has 2 rings (SSSR count).